The summed E-state index contributed by atoms with van der Waals surface area (Å²) in [5.74, 6) is -0.317. The highest BCUT2D eigenvalue weighted by Crippen LogP contribution is 2.26. The summed E-state index contributed by atoms with van der Waals surface area (Å²) < 4.78 is 13.1. The van der Waals surface area contributed by atoms with Crippen LogP contribution in [0.5, 0.6) is 0 Å². The van der Waals surface area contributed by atoms with Crippen molar-refractivity contribution >= 4 is 11.7 Å². The van der Waals surface area contributed by atoms with Gasteiger partial charge in [0, 0.05) is 44.5 Å². The van der Waals surface area contributed by atoms with Crippen molar-refractivity contribution in [1.29, 1.82) is 0 Å². The second-order valence-electron chi connectivity index (χ2n) is 8.63. The van der Waals surface area contributed by atoms with Gasteiger partial charge in [-0.2, -0.15) is 0 Å². The number of carbonyl (C=O) groups excluding carboxylic acids is 1. The maximum Gasteiger partial charge on any atom is 0.319 e. The minimum absolute atomic E-state index is 0.133. The van der Waals surface area contributed by atoms with Crippen LogP contribution in [-0.4, -0.2) is 54.6 Å². The lowest BCUT2D eigenvalue weighted by molar-refractivity contribution is 0.0565. The maximum atomic E-state index is 13.1. The molecule has 0 radical (unpaired) electrons. The van der Waals surface area contributed by atoms with Crippen molar-refractivity contribution in [2.24, 2.45) is 0 Å². The van der Waals surface area contributed by atoms with Crippen molar-refractivity contribution in [3.8, 4) is 0 Å². The van der Waals surface area contributed by atoms with Crippen LogP contribution in [-0.2, 0) is 0 Å². The van der Waals surface area contributed by atoms with Crippen LogP contribution < -0.4 is 10.6 Å². The monoisotopic (exact) mass is 424 g/mol. The molecule has 5 nitrogen and oxygen atoms in total. The first-order valence-electron chi connectivity index (χ1n) is 11.5. The van der Waals surface area contributed by atoms with E-state index in [0.717, 1.165) is 32.2 Å². The summed E-state index contributed by atoms with van der Waals surface area (Å²) in [6.45, 7) is 4.74. The van der Waals surface area contributed by atoms with Gasteiger partial charge >= 0.3 is 6.03 Å². The molecule has 2 amide bonds. The molecule has 1 unspecified atom stereocenters. The Hall–Kier alpha value is -2.44. The van der Waals surface area contributed by atoms with Crippen LogP contribution in [0.15, 0.2) is 54.6 Å². The second-order valence-corrected chi connectivity index (χ2v) is 8.63. The number of halogens is 1. The topological polar surface area (TPSA) is 47.6 Å². The zero-order valence-corrected chi connectivity index (χ0v) is 18.1. The number of hydrogen-bond donors (Lipinski definition) is 2. The first kappa shape index (κ1) is 21.8. The fraction of sp³-hybridized carbons (Fsp3) is 0.480. The van der Waals surface area contributed by atoms with E-state index in [2.05, 4.69) is 44.7 Å². The molecule has 0 aromatic heterocycles. The number of piperazine rings is 1. The number of amides is 2. The van der Waals surface area contributed by atoms with Crippen molar-refractivity contribution in [3.05, 3.63) is 66.0 Å². The molecular weight excluding hydrogens is 391 g/mol. The van der Waals surface area contributed by atoms with Gasteiger partial charge in [0.15, 0.2) is 0 Å². The molecular formula is C25H33FN4O. The van der Waals surface area contributed by atoms with Gasteiger partial charge in [-0.3, -0.25) is 9.80 Å². The molecule has 0 spiro atoms. The van der Waals surface area contributed by atoms with Crippen molar-refractivity contribution in [2.75, 3.05) is 38.0 Å². The van der Waals surface area contributed by atoms with Crippen molar-refractivity contribution in [1.82, 2.24) is 15.1 Å². The third-order valence-electron chi connectivity index (χ3n) is 6.62. The number of nitrogens with zero attached hydrogens (tertiary/aromatic N) is 2. The Balaban J connectivity index is 1.35. The Bertz CT molecular complexity index is 815. The Morgan fingerprint density at radius 3 is 2.29 bits per heavy atom. The summed E-state index contributed by atoms with van der Waals surface area (Å²) >= 11 is 0. The molecule has 2 fully saturated rings. The average molecular weight is 425 g/mol. The third-order valence-corrected chi connectivity index (χ3v) is 6.62. The molecule has 2 N–H and O–H groups in total. The molecule has 1 heterocycles. The molecule has 166 valence electrons. The Labute approximate surface area is 184 Å². The maximum absolute atomic E-state index is 13.1. The van der Waals surface area contributed by atoms with Gasteiger partial charge in [-0.15, -0.1) is 0 Å². The van der Waals surface area contributed by atoms with Gasteiger partial charge in [-0.25, -0.2) is 9.18 Å². The summed E-state index contributed by atoms with van der Waals surface area (Å²) in [6, 6.07) is 16.8. The fourth-order valence-electron chi connectivity index (χ4n) is 4.89. The normalized spacial score (nSPS) is 19.6. The van der Waals surface area contributed by atoms with Crippen LogP contribution in [0.2, 0.25) is 0 Å². The predicted molar refractivity (Wildman–Crippen MR) is 123 cm³/mol. The van der Waals surface area contributed by atoms with Crippen LogP contribution in [0.25, 0.3) is 0 Å². The molecule has 1 saturated heterocycles. The lowest BCUT2D eigenvalue weighted by Crippen LogP contribution is -2.53. The van der Waals surface area contributed by atoms with Gasteiger partial charge in [0.05, 0.1) is 6.04 Å². The number of nitrogens with one attached hydrogen (secondary N) is 2. The van der Waals surface area contributed by atoms with Gasteiger partial charge in [0.25, 0.3) is 0 Å². The highest BCUT2D eigenvalue weighted by Gasteiger charge is 2.29. The molecule has 2 aliphatic rings. The summed E-state index contributed by atoms with van der Waals surface area (Å²) in [5.41, 5.74) is 1.80. The third kappa shape index (κ3) is 6.05. The lowest BCUT2D eigenvalue weighted by Gasteiger charge is -2.43. The van der Waals surface area contributed by atoms with Gasteiger partial charge < -0.3 is 10.6 Å². The number of anilines is 1. The van der Waals surface area contributed by atoms with E-state index in [1.807, 2.05) is 6.07 Å². The average Bonchev–Trinajstić information content (AvgIpc) is 2.82. The van der Waals surface area contributed by atoms with Gasteiger partial charge in [0.1, 0.15) is 5.82 Å². The van der Waals surface area contributed by atoms with Crippen molar-refractivity contribution < 1.29 is 9.18 Å². The summed E-state index contributed by atoms with van der Waals surface area (Å²) in [6.07, 6.45) is 6.80. The van der Waals surface area contributed by atoms with E-state index in [1.54, 1.807) is 12.1 Å². The number of benzene rings is 2. The molecule has 6 heteroatoms. The molecule has 4 rings (SSSR count). The standard InChI is InChI=1S/C25H33FN4O/c26-21-11-13-22(14-12-21)28-25(31)27-19-24(20-7-3-1-4-8-20)30-17-15-29(16-18-30)23-9-5-2-6-10-23/h1,3-4,7-8,11-14,23-24H,2,5-6,9-10,15-19H2,(H2,27,28,31). The summed E-state index contributed by atoms with van der Waals surface area (Å²) in [5, 5.41) is 5.80. The predicted octanol–water partition coefficient (Wildman–Crippen LogP) is 4.64. The second kappa shape index (κ2) is 10.7. The van der Waals surface area contributed by atoms with Gasteiger partial charge in [-0.1, -0.05) is 49.6 Å². The molecule has 1 aliphatic heterocycles. The van der Waals surface area contributed by atoms with E-state index in [9.17, 15) is 9.18 Å². The zero-order valence-electron chi connectivity index (χ0n) is 18.1. The van der Waals surface area contributed by atoms with Crippen molar-refractivity contribution in [3.63, 3.8) is 0 Å². The number of rotatable bonds is 6. The van der Waals surface area contributed by atoms with Crippen LogP contribution in [0.3, 0.4) is 0 Å². The number of urea groups is 1. The molecule has 1 aliphatic carbocycles. The number of hydrogen-bond acceptors (Lipinski definition) is 3. The minimum Gasteiger partial charge on any atom is -0.336 e. The molecule has 0 bridgehead atoms. The molecule has 2 aromatic rings. The van der Waals surface area contributed by atoms with Crippen LogP contribution in [0.4, 0.5) is 14.9 Å². The molecule has 1 saturated carbocycles. The van der Waals surface area contributed by atoms with Crippen LogP contribution >= 0.6 is 0 Å². The quantitative estimate of drug-likeness (QED) is 0.710. The van der Waals surface area contributed by atoms with Gasteiger partial charge in [0.2, 0.25) is 0 Å². The highest BCUT2D eigenvalue weighted by molar-refractivity contribution is 5.89. The van der Waals surface area contributed by atoms with E-state index < -0.39 is 0 Å². The van der Waals surface area contributed by atoms with E-state index in [1.165, 1.54) is 49.8 Å². The molecule has 1 atom stereocenters. The Morgan fingerprint density at radius 1 is 0.935 bits per heavy atom. The Kier molecular flexibility index (Phi) is 7.54. The minimum atomic E-state index is -0.317. The van der Waals surface area contributed by atoms with Crippen molar-refractivity contribution in [2.45, 2.75) is 44.2 Å². The SMILES string of the molecule is O=C(NCC(c1ccccc1)N1CCN(C2CCCCC2)CC1)Nc1ccc(F)cc1. The first-order valence-corrected chi connectivity index (χ1v) is 11.5. The van der Waals surface area contributed by atoms with E-state index in [0.29, 0.717) is 12.2 Å². The highest BCUT2D eigenvalue weighted by atomic mass is 19.1. The fourth-order valence-corrected chi connectivity index (χ4v) is 4.89. The Morgan fingerprint density at radius 2 is 1.61 bits per heavy atom. The van der Waals surface area contributed by atoms with E-state index in [-0.39, 0.29) is 17.9 Å². The number of carbonyl (C=O) groups is 1. The largest absolute Gasteiger partial charge is 0.336 e. The summed E-state index contributed by atoms with van der Waals surface area (Å²) in [4.78, 5) is 17.6. The molecule has 2 aromatic carbocycles. The van der Waals surface area contributed by atoms with E-state index >= 15 is 0 Å². The zero-order chi connectivity index (χ0) is 21.5. The lowest BCUT2D eigenvalue weighted by atomic mass is 9.93. The van der Waals surface area contributed by atoms with Gasteiger partial charge in [-0.05, 0) is 42.7 Å². The molecule has 31 heavy (non-hydrogen) atoms. The van der Waals surface area contributed by atoms with Crippen LogP contribution in [0, 0.1) is 5.82 Å². The van der Waals surface area contributed by atoms with E-state index in [4.69, 9.17) is 0 Å². The van der Waals surface area contributed by atoms with Crippen LogP contribution in [0.1, 0.15) is 43.7 Å². The summed E-state index contributed by atoms with van der Waals surface area (Å²) in [7, 11) is 0. The smallest absolute Gasteiger partial charge is 0.319 e. The first-order chi connectivity index (χ1) is 15.2.